The number of hydrogen-bond donors (Lipinski definition) is 1. The predicted molar refractivity (Wildman–Crippen MR) is 86.0 cm³/mol. The summed E-state index contributed by atoms with van der Waals surface area (Å²) in [6, 6.07) is 8.82. The van der Waals surface area contributed by atoms with Crippen LogP contribution in [0.4, 0.5) is 0 Å². The smallest absolute Gasteiger partial charge is 0.139 e. The summed E-state index contributed by atoms with van der Waals surface area (Å²) in [5, 5.41) is 11.8. The van der Waals surface area contributed by atoms with E-state index >= 15 is 0 Å². The molecule has 0 saturated carbocycles. The minimum absolute atomic E-state index is 0.525. The molecule has 2 aromatic carbocycles. The maximum absolute atomic E-state index is 10.6. The molecule has 0 aliphatic heterocycles. The first-order valence-electron chi connectivity index (χ1n) is 5.91. The normalized spacial score (nSPS) is 12.3. The number of rotatable bonds is 3. The third-order valence-electron chi connectivity index (χ3n) is 3.03. The number of methoxy groups -OCH3 is 1. The number of ether oxygens (including phenoxy) is 1. The van der Waals surface area contributed by atoms with Crippen LogP contribution in [-0.4, -0.2) is 12.2 Å². The molecule has 5 heteroatoms. The third-order valence-corrected chi connectivity index (χ3v) is 4.26. The van der Waals surface area contributed by atoms with E-state index in [2.05, 4.69) is 15.9 Å². The molecule has 2 aromatic rings. The molecule has 0 aromatic heterocycles. The van der Waals surface area contributed by atoms with E-state index in [1.165, 1.54) is 0 Å². The number of hydrogen-bond acceptors (Lipinski definition) is 2. The van der Waals surface area contributed by atoms with Gasteiger partial charge in [-0.1, -0.05) is 35.3 Å². The van der Waals surface area contributed by atoms with E-state index in [4.69, 9.17) is 27.9 Å². The Labute approximate surface area is 136 Å². The highest BCUT2D eigenvalue weighted by atomic mass is 79.9. The summed E-state index contributed by atoms with van der Waals surface area (Å²) in [4.78, 5) is 0. The molecule has 0 radical (unpaired) electrons. The second-order valence-corrected chi connectivity index (χ2v) is 6.12. The fourth-order valence-electron chi connectivity index (χ4n) is 2.02. The van der Waals surface area contributed by atoms with Crippen molar-refractivity contribution in [3.05, 3.63) is 61.5 Å². The largest absolute Gasteiger partial charge is 0.495 e. The number of aryl methyl sites for hydroxylation is 1. The lowest BCUT2D eigenvalue weighted by Crippen LogP contribution is -2.03. The Bertz CT molecular complexity index is 644. The Balaban J connectivity index is 2.52. The van der Waals surface area contributed by atoms with Crippen LogP contribution in [-0.2, 0) is 0 Å². The average molecular weight is 376 g/mol. The maximum Gasteiger partial charge on any atom is 0.139 e. The fourth-order valence-corrected chi connectivity index (χ4v) is 3.13. The van der Waals surface area contributed by atoms with Crippen molar-refractivity contribution in [1.29, 1.82) is 0 Å². The summed E-state index contributed by atoms with van der Waals surface area (Å²) in [6.07, 6.45) is -0.837. The van der Waals surface area contributed by atoms with Gasteiger partial charge in [-0.3, -0.25) is 0 Å². The van der Waals surface area contributed by atoms with Crippen molar-refractivity contribution in [3.63, 3.8) is 0 Å². The lowest BCUT2D eigenvalue weighted by molar-refractivity contribution is 0.214. The zero-order valence-corrected chi connectivity index (χ0v) is 14.1. The molecule has 106 valence electrons. The molecular formula is C15H13BrCl2O2. The SMILES string of the molecule is COc1c(Br)cc(Cl)cc1C(O)c1ccc(Cl)c(C)c1. The zero-order valence-electron chi connectivity index (χ0n) is 11.0. The monoisotopic (exact) mass is 374 g/mol. The Morgan fingerprint density at radius 2 is 1.90 bits per heavy atom. The quantitative estimate of drug-likeness (QED) is 0.803. The molecule has 0 amide bonds. The van der Waals surface area contributed by atoms with Crippen molar-refractivity contribution in [2.75, 3.05) is 7.11 Å². The van der Waals surface area contributed by atoms with Gasteiger partial charge in [0.05, 0.1) is 11.6 Å². The average Bonchev–Trinajstić information content (AvgIpc) is 2.40. The van der Waals surface area contributed by atoms with E-state index in [1.807, 2.05) is 13.0 Å². The van der Waals surface area contributed by atoms with Gasteiger partial charge in [-0.25, -0.2) is 0 Å². The molecule has 0 fully saturated rings. The van der Waals surface area contributed by atoms with Crippen molar-refractivity contribution >= 4 is 39.1 Å². The molecule has 1 atom stereocenters. The summed E-state index contributed by atoms with van der Waals surface area (Å²) in [7, 11) is 1.55. The summed E-state index contributed by atoms with van der Waals surface area (Å²) < 4.78 is 6.04. The highest BCUT2D eigenvalue weighted by Gasteiger charge is 2.19. The molecule has 20 heavy (non-hydrogen) atoms. The minimum Gasteiger partial charge on any atom is -0.495 e. The Kier molecular flexibility index (Phi) is 4.97. The van der Waals surface area contributed by atoms with Gasteiger partial charge in [0.15, 0.2) is 0 Å². The summed E-state index contributed by atoms with van der Waals surface area (Å²) in [5.41, 5.74) is 2.25. The van der Waals surface area contributed by atoms with Gasteiger partial charge >= 0.3 is 0 Å². The minimum atomic E-state index is -0.837. The maximum atomic E-state index is 10.6. The molecule has 1 N–H and O–H groups in total. The number of aliphatic hydroxyl groups is 1. The van der Waals surface area contributed by atoms with Gasteiger partial charge in [0.1, 0.15) is 11.9 Å². The van der Waals surface area contributed by atoms with E-state index in [1.54, 1.807) is 31.4 Å². The van der Waals surface area contributed by atoms with E-state index in [0.717, 1.165) is 11.1 Å². The van der Waals surface area contributed by atoms with Crippen LogP contribution in [0.15, 0.2) is 34.8 Å². The van der Waals surface area contributed by atoms with Crippen LogP contribution in [0.25, 0.3) is 0 Å². The summed E-state index contributed by atoms with van der Waals surface area (Å²) in [5.74, 6) is 0.564. The first-order valence-corrected chi connectivity index (χ1v) is 7.46. The predicted octanol–water partition coefficient (Wildman–Crippen LogP) is 5.15. The molecular weight excluding hydrogens is 363 g/mol. The van der Waals surface area contributed by atoms with Gasteiger partial charge in [0.2, 0.25) is 0 Å². The summed E-state index contributed by atoms with van der Waals surface area (Å²) in [6.45, 7) is 1.89. The zero-order chi connectivity index (χ0) is 14.9. The van der Waals surface area contributed by atoms with Gasteiger partial charge in [-0.2, -0.15) is 0 Å². The van der Waals surface area contributed by atoms with Crippen molar-refractivity contribution in [1.82, 2.24) is 0 Å². The first-order chi connectivity index (χ1) is 9.43. The molecule has 0 saturated heterocycles. The van der Waals surface area contributed by atoms with Crippen molar-refractivity contribution in [2.45, 2.75) is 13.0 Å². The number of aliphatic hydroxyl groups excluding tert-OH is 1. The van der Waals surface area contributed by atoms with Gasteiger partial charge < -0.3 is 9.84 Å². The number of benzene rings is 2. The Morgan fingerprint density at radius 3 is 2.50 bits per heavy atom. The van der Waals surface area contributed by atoms with Crippen molar-refractivity contribution in [2.24, 2.45) is 0 Å². The number of halogens is 3. The van der Waals surface area contributed by atoms with Gasteiger partial charge in [-0.15, -0.1) is 0 Å². The van der Waals surface area contributed by atoms with Crippen LogP contribution < -0.4 is 4.74 Å². The van der Waals surface area contributed by atoms with E-state index in [0.29, 0.717) is 25.8 Å². The van der Waals surface area contributed by atoms with Crippen molar-refractivity contribution in [3.8, 4) is 5.75 Å². The first kappa shape index (κ1) is 15.6. The van der Waals surface area contributed by atoms with E-state index in [9.17, 15) is 5.11 Å². The lowest BCUT2D eigenvalue weighted by atomic mass is 9.99. The second-order valence-electron chi connectivity index (χ2n) is 4.42. The van der Waals surface area contributed by atoms with E-state index in [-0.39, 0.29) is 0 Å². The van der Waals surface area contributed by atoms with Crippen LogP contribution in [0.3, 0.4) is 0 Å². The van der Waals surface area contributed by atoms with Gasteiger partial charge in [0.25, 0.3) is 0 Å². The molecule has 2 nitrogen and oxygen atoms in total. The van der Waals surface area contributed by atoms with Gasteiger partial charge in [0, 0.05) is 15.6 Å². The molecule has 0 spiro atoms. The van der Waals surface area contributed by atoms with Crippen molar-refractivity contribution < 1.29 is 9.84 Å². The fraction of sp³-hybridized carbons (Fsp3) is 0.200. The van der Waals surface area contributed by atoms with Crippen LogP contribution in [0.1, 0.15) is 22.8 Å². The van der Waals surface area contributed by atoms with Crippen LogP contribution in [0, 0.1) is 6.92 Å². The molecule has 0 aliphatic rings. The lowest BCUT2D eigenvalue weighted by Gasteiger charge is -2.17. The van der Waals surface area contributed by atoms with Gasteiger partial charge in [-0.05, 0) is 52.2 Å². The molecule has 2 rings (SSSR count). The Morgan fingerprint density at radius 1 is 1.20 bits per heavy atom. The highest BCUT2D eigenvalue weighted by Crippen LogP contribution is 2.38. The molecule has 0 heterocycles. The van der Waals surface area contributed by atoms with E-state index < -0.39 is 6.10 Å². The van der Waals surface area contributed by atoms with Crippen LogP contribution in [0.2, 0.25) is 10.0 Å². The molecule has 0 bridgehead atoms. The highest BCUT2D eigenvalue weighted by molar-refractivity contribution is 9.10. The topological polar surface area (TPSA) is 29.5 Å². The molecule has 0 aliphatic carbocycles. The molecule has 1 unspecified atom stereocenters. The van der Waals surface area contributed by atoms with Crippen LogP contribution in [0.5, 0.6) is 5.75 Å². The Hall–Kier alpha value is -0.740. The third kappa shape index (κ3) is 3.12. The van der Waals surface area contributed by atoms with Crippen LogP contribution >= 0.6 is 39.1 Å². The standard InChI is InChI=1S/C15H13BrCl2O2/c1-8-5-9(3-4-13(8)18)14(19)11-6-10(17)7-12(16)15(11)20-2/h3-7,14,19H,1-2H3. The second kappa shape index (κ2) is 6.35. The summed E-state index contributed by atoms with van der Waals surface area (Å²) >= 11 is 15.4.